The van der Waals surface area contributed by atoms with E-state index in [1.54, 1.807) is 0 Å². The van der Waals surface area contributed by atoms with Crippen LogP contribution < -0.4 is 4.90 Å². The van der Waals surface area contributed by atoms with Gasteiger partial charge >= 0.3 is 0 Å². The van der Waals surface area contributed by atoms with Crippen LogP contribution in [0.15, 0.2) is 6.07 Å². The first-order valence-corrected chi connectivity index (χ1v) is 4.89. The average Bonchev–Trinajstić information content (AvgIpc) is 2.99. The fourth-order valence-corrected chi connectivity index (χ4v) is 1.48. The zero-order chi connectivity index (χ0) is 10.1. The smallest absolute Gasteiger partial charge is 0.225 e. The van der Waals surface area contributed by atoms with Gasteiger partial charge in [-0.15, -0.1) is 0 Å². The number of aromatic nitrogens is 2. The molecule has 0 bridgehead atoms. The molecule has 2 rings (SSSR count). The van der Waals surface area contributed by atoms with Gasteiger partial charge in [0.15, 0.2) is 0 Å². The second-order valence-corrected chi connectivity index (χ2v) is 3.80. The fraction of sp³-hybridized carbons (Fsp3) is 0.600. The Bertz CT molecular complexity index is 336. The summed E-state index contributed by atoms with van der Waals surface area (Å²) in [4.78, 5) is 10.7. The molecule has 1 aliphatic rings. The minimum Gasteiger partial charge on any atom is -0.390 e. The third kappa shape index (κ3) is 1.85. The van der Waals surface area contributed by atoms with Crippen LogP contribution in [-0.2, 0) is 6.61 Å². The van der Waals surface area contributed by atoms with Crippen molar-refractivity contribution >= 4 is 5.95 Å². The van der Waals surface area contributed by atoms with Gasteiger partial charge in [0, 0.05) is 18.8 Å². The molecule has 0 unspecified atom stereocenters. The highest BCUT2D eigenvalue weighted by atomic mass is 16.3. The molecule has 14 heavy (non-hydrogen) atoms. The number of aryl methyl sites for hydroxylation is 1. The Morgan fingerprint density at radius 2 is 2.21 bits per heavy atom. The summed E-state index contributed by atoms with van der Waals surface area (Å²) in [5.74, 6) is 0.733. The number of nitrogens with zero attached hydrogens (tertiary/aromatic N) is 3. The lowest BCUT2D eigenvalue weighted by Crippen LogP contribution is -2.22. The molecule has 0 radical (unpaired) electrons. The predicted octanol–water partition coefficient (Wildman–Crippen LogP) is 0.876. The predicted molar refractivity (Wildman–Crippen MR) is 54.1 cm³/mol. The third-order valence-corrected chi connectivity index (χ3v) is 2.47. The normalized spacial score (nSPS) is 15.6. The summed E-state index contributed by atoms with van der Waals surface area (Å²) in [7, 11) is 2.01. The summed E-state index contributed by atoms with van der Waals surface area (Å²) >= 11 is 0. The van der Waals surface area contributed by atoms with Crippen LogP contribution in [0.2, 0.25) is 0 Å². The number of aliphatic hydroxyl groups is 1. The Morgan fingerprint density at radius 3 is 2.79 bits per heavy atom. The number of anilines is 1. The van der Waals surface area contributed by atoms with Gasteiger partial charge in [0.2, 0.25) is 5.95 Å². The molecule has 1 saturated carbocycles. The van der Waals surface area contributed by atoms with Crippen molar-refractivity contribution in [2.24, 2.45) is 0 Å². The Balaban J connectivity index is 2.27. The first-order valence-electron chi connectivity index (χ1n) is 4.89. The Kier molecular flexibility index (Phi) is 2.37. The van der Waals surface area contributed by atoms with Gasteiger partial charge in [-0.2, -0.15) is 0 Å². The van der Waals surface area contributed by atoms with Crippen molar-refractivity contribution in [3.05, 3.63) is 17.5 Å². The molecule has 1 fully saturated rings. The minimum atomic E-state index is -0.0190. The maximum atomic E-state index is 9.01. The van der Waals surface area contributed by atoms with E-state index in [1.807, 2.05) is 20.0 Å². The molecule has 1 aromatic heterocycles. The van der Waals surface area contributed by atoms with Crippen molar-refractivity contribution in [3.63, 3.8) is 0 Å². The third-order valence-electron chi connectivity index (χ3n) is 2.47. The molecule has 76 valence electrons. The molecule has 0 spiro atoms. The molecule has 1 heterocycles. The van der Waals surface area contributed by atoms with Crippen LogP contribution >= 0.6 is 0 Å². The minimum absolute atomic E-state index is 0.0190. The monoisotopic (exact) mass is 193 g/mol. The van der Waals surface area contributed by atoms with Crippen LogP contribution in [0.1, 0.15) is 24.2 Å². The zero-order valence-electron chi connectivity index (χ0n) is 8.56. The van der Waals surface area contributed by atoms with Crippen LogP contribution in [-0.4, -0.2) is 28.2 Å². The van der Waals surface area contributed by atoms with Gasteiger partial charge in [-0.3, -0.25) is 0 Å². The Morgan fingerprint density at radius 1 is 1.50 bits per heavy atom. The van der Waals surface area contributed by atoms with E-state index in [-0.39, 0.29) is 6.61 Å². The SMILES string of the molecule is Cc1cc(CO)nc(N(C)C2CC2)n1. The first-order chi connectivity index (χ1) is 6.70. The van der Waals surface area contributed by atoms with Gasteiger partial charge in [-0.25, -0.2) is 9.97 Å². The van der Waals surface area contributed by atoms with Crippen LogP contribution in [0, 0.1) is 6.92 Å². The summed E-state index contributed by atoms with van der Waals surface area (Å²) in [5, 5.41) is 9.01. The van der Waals surface area contributed by atoms with Crippen molar-refractivity contribution in [3.8, 4) is 0 Å². The van der Waals surface area contributed by atoms with Crippen LogP contribution in [0.4, 0.5) is 5.95 Å². The van der Waals surface area contributed by atoms with Crippen molar-refractivity contribution in [2.75, 3.05) is 11.9 Å². The first kappa shape index (κ1) is 9.40. The maximum Gasteiger partial charge on any atom is 0.225 e. The lowest BCUT2D eigenvalue weighted by Gasteiger charge is -2.16. The molecule has 1 N–H and O–H groups in total. The summed E-state index contributed by atoms with van der Waals surface area (Å²) in [6.07, 6.45) is 2.45. The number of hydrogen-bond acceptors (Lipinski definition) is 4. The van der Waals surface area contributed by atoms with E-state index in [2.05, 4.69) is 14.9 Å². The van der Waals surface area contributed by atoms with Crippen molar-refractivity contribution in [1.82, 2.24) is 9.97 Å². The van der Waals surface area contributed by atoms with E-state index in [4.69, 9.17) is 5.11 Å². The van der Waals surface area contributed by atoms with E-state index >= 15 is 0 Å². The highest BCUT2D eigenvalue weighted by Gasteiger charge is 2.28. The second-order valence-electron chi connectivity index (χ2n) is 3.80. The molecule has 1 aliphatic carbocycles. The van der Waals surface area contributed by atoms with Gasteiger partial charge in [-0.1, -0.05) is 0 Å². The van der Waals surface area contributed by atoms with E-state index in [9.17, 15) is 0 Å². The molecule has 0 aromatic carbocycles. The molecule has 0 amide bonds. The molecule has 4 heteroatoms. The molecule has 1 aromatic rings. The topological polar surface area (TPSA) is 49.3 Å². The van der Waals surface area contributed by atoms with Crippen LogP contribution in [0.25, 0.3) is 0 Å². The maximum absolute atomic E-state index is 9.01. The summed E-state index contributed by atoms with van der Waals surface area (Å²) in [5.41, 5.74) is 1.60. The lowest BCUT2D eigenvalue weighted by molar-refractivity contribution is 0.276. The van der Waals surface area contributed by atoms with Crippen molar-refractivity contribution in [2.45, 2.75) is 32.4 Å². The largest absolute Gasteiger partial charge is 0.390 e. The molecule has 0 atom stereocenters. The average molecular weight is 193 g/mol. The molecular formula is C10H15N3O. The van der Waals surface area contributed by atoms with Crippen LogP contribution in [0.5, 0.6) is 0 Å². The highest BCUT2D eigenvalue weighted by Crippen LogP contribution is 2.28. The van der Waals surface area contributed by atoms with Crippen LogP contribution in [0.3, 0.4) is 0 Å². The van der Waals surface area contributed by atoms with Gasteiger partial charge in [0.25, 0.3) is 0 Å². The molecule has 0 saturated heterocycles. The number of aliphatic hydroxyl groups excluding tert-OH is 1. The van der Waals surface area contributed by atoms with Crippen molar-refractivity contribution in [1.29, 1.82) is 0 Å². The number of hydrogen-bond donors (Lipinski definition) is 1. The summed E-state index contributed by atoms with van der Waals surface area (Å²) in [6.45, 7) is 1.90. The van der Waals surface area contributed by atoms with E-state index in [0.29, 0.717) is 11.7 Å². The Hall–Kier alpha value is -1.16. The van der Waals surface area contributed by atoms with E-state index in [1.165, 1.54) is 12.8 Å². The summed E-state index contributed by atoms with van der Waals surface area (Å²) in [6, 6.07) is 2.41. The lowest BCUT2D eigenvalue weighted by atomic mass is 10.3. The second kappa shape index (κ2) is 3.53. The molecule has 0 aliphatic heterocycles. The number of rotatable bonds is 3. The molecular weight excluding hydrogens is 178 g/mol. The molecule has 4 nitrogen and oxygen atoms in total. The van der Waals surface area contributed by atoms with Gasteiger partial charge in [0.1, 0.15) is 0 Å². The van der Waals surface area contributed by atoms with Gasteiger partial charge < -0.3 is 10.0 Å². The van der Waals surface area contributed by atoms with Gasteiger partial charge in [-0.05, 0) is 25.8 Å². The van der Waals surface area contributed by atoms with E-state index < -0.39 is 0 Å². The van der Waals surface area contributed by atoms with Gasteiger partial charge in [0.05, 0.1) is 12.3 Å². The summed E-state index contributed by atoms with van der Waals surface area (Å²) < 4.78 is 0. The highest BCUT2D eigenvalue weighted by molar-refractivity contribution is 5.34. The standard InChI is InChI=1S/C10H15N3O/c1-7-5-8(6-14)12-10(11-7)13(2)9-3-4-9/h5,9,14H,3-4,6H2,1-2H3. The quantitative estimate of drug-likeness (QED) is 0.774. The zero-order valence-corrected chi connectivity index (χ0v) is 8.56. The fourth-order valence-electron chi connectivity index (χ4n) is 1.48. The van der Waals surface area contributed by atoms with E-state index in [0.717, 1.165) is 11.6 Å². The van der Waals surface area contributed by atoms with Crippen molar-refractivity contribution < 1.29 is 5.11 Å². The Labute approximate surface area is 83.6 Å².